The first-order valence-electron chi connectivity index (χ1n) is 13.4. The van der Waals surface area contributed by atoms with Gasteiger partial charge in [-0.05, 0) is 95.8 Å². The van der Waals surface area contributed by atoms with Crippen molar-refractivity contribution in [3.05, 3.63) is 76.9 Å². The van der Waals surface area contributed by atoms with Crippen LogP contribution < -0.4 is 19.3 Å². The van der Waals surface area contributed by atoms with Crippen LogP contribution >= 0.6 is 0 Å². The predicted molar refractivity (Wildman–Crippen MR) is 156 cm³/mol. The maximum Gasteiger partial charge on any atom is 0.139 e. The van der Waals surface area contributed by atoms with E-state index in [0.717, 1.165) is 58.2 Å². The van der Waals surface area contributed by atoms with Crippen molar-refractivity contribution in [2.75, 3.05) is 36.1 Å². The normalized spacial score (nSPS) is 12.6. The molecule has 5 nitrogen and oxygen atoms in total. The van der Waals surface area contributed by atoms with Crippen LogP contribution in [0.3, 0.4) is 0 Å². The highest BCUT2D eigenvalue weighted by Gasteiger charge is 2.21. The molecule has 0 aliphatic heterocycles. The number of phenols is 1. The molecule has 0 bridgehead atoms. The molecule has 5 heteroatoms. The molecule has 0 heterocycles. The van der Waals surface area contributed by atoms with Crippen LogP contribution in [0.25, 0.3) is 0 Å². The number of phenolic OH excluding ortho intramolecular Hbond substituents is 1. The van der Waals surface area contributed by atoms with Crippen molar-refractivity contribution < 1.29 is 14.6 Å². The zero-order valence-corrected chi connectivity index (χ0v) is 23.8. The summed E-state index contributed by atoms with van der Waals surface area (Å²) in [6, 6.07) is 18.5. The Kier molecular flexibility index (Phi) is 9.73. The molecule has 0 radical (unpaired) electrons. The molecular formula is C32H44N2O3. The number of para-hydroxylation sites is 2. The maximum atomic E-state index is 10.8. The smallest absolute Gasteiger partial charge is 0.139 e. The van der Waals surface area contributed by atoms with E-state index in [0.29, 0.717) is 13.2 Å². The molecule has 0 fully saturated rings. The second kappa shape index (κ2) is 12.8. The number of benzene rings is 3. The fraction of sp³-hybridized carbons (Fsp3) is 0.438. The molecule has 0 amide bonds. The second-order valence-corrected chi connectivity index (χ2v) is 10.0. The molecule has 2 atom stereocenters. The Hall–Kier alpha value is -3.34. The summed E-state index contributed by atoms with van der Waals surface area (Å²) in [4.78, 5) is 4.53. The fourth-order valence-corrected chi connectivity index (χ4v) is 5.03. The molecule has 3 aromatic rings. The van der Waals surface area contributed by atoms with Gasteiger partial charge in [0.05, 0.1) is 17.8 Å². The highest BCUT2D eigenvalue weighted by molar-refractivity contribution is 5.67. The molecule has 0 spiro atoms. The lowest BCUT2D eigenvalue weighted by Crippen LogP contribution is -2.39. The summed E-state index contributed by atoms with van der Waals surface area (Å²) in [6.07, 6.45) is 0. The van der Waals surface area contributed by atoms with Crippen LogP contribution in [0.2, 0.25) is 0 Å². The third-order valence-corrected chi connectivity index (χ3v) is 7.10. The first kappa shape index (κ1) is 28.2. The third kappa shape index (κ3) is 6.71. The third-order valence-electron chi connectivity index (χ3n) is 7.10. The summed E-state index contributed by atoms with van der Waals surface area (Å²) in [6.45, 7) is 19.6. The highest BCUT2D eigenvalue weighted by Crippen LogP contribution is 2.34. The molecule has 1 N–H and O–H groups in total. The number of aryl methyl sites for hydroxylation is 4. The van der Waals surface area contributed by atoms with E-state index in [-0.39, 0.29) is 17.8 Å². The summed E-state index contributed by atoms with van der Waals surface area (Å²) < 4.78 is 12.5. The zero-order chi connectivity index (χ0) is 27.1. The Morgan fingerprint density at radius 2 is 1.11 bits per heavy atom. The van der Waals surface area contributed by atoms with E-state index in [4.69, 9.17) is 9.47 Å². The number of anilines is 2. The Morgan fingerprint density at radius 1 is 0.676 bits per heavy atom. The molecule has 0 aliphatic rings. The lowest BCUT2D eigenvalue weighted by molar-refractivity contribution is 0.285. The van der Waals surface area contributed by atoms with Crippen LogP contribution in [0, 0.1) is 27.7 Å². The van der Waals surface area contributed by atoms with Gasteiger partial charge in [0, 0.05) is 18.8 Å². The number of hydrogen-bond donors (Lipinski definition) is 1. The predicted octanol–water partition coefficient (Wildman–Crippen LogP) is 7.21. The Labute approximate surface area is 223 Å². The van der Waals surface area contributed by atoms with Crippen LogP contribution in [-0.4, -0.2) is 43.5 Å². The molecule has 0 saturated carbocycles. The molecule has 0 saturated heterocycles. The minimum Gasteiger partial charge on any atom is -0.506 e. The molecule has 37 heavy (non-hydrogen) atoms. The number of hydrogen-bond acceptors (Lipinski definition) is 5. The van der Waals surface area contributed by atoms with E-state index in [2.05, 4.69) is 108 Å². The van der Waals surface area contributed by atoms with Crippen LogP contribution in [0.4, 0.5) is 11.4 Å². The van der Waals surface area contributed by atoms with E-state index in [1.807, 2.05) is 6.07 Å². The van der Waals surface area contributed by atoms with Gasteiger partial charge in [-0.3, -0.25) is 0 Å². The average molecular weight is 505 g/mol. The summed E-state index contributed by atoms with van der Waals surface area (Å²) in [5.41, 5.74) is 6.45. The van der Waals surface area contributed by atoms with E-state index in [1.54, 1.807) is 6.07 Å². The van der Waals surface area contributed by atoms with Gasteiger partial charge in [0.2, 0.25) is 0 Å². The lowest BCUT2D eigenvalue weighted by Gasteiger charge is -2.34. The van der Waals surface area contributed by atoms with Gasteiger partial charge in [0.25, 0.3) is 0 Å². The van der Waals surface area contributed by atoms with Crippen LogP contribution in [0.15, 0.2) is 54.6 Å². The number of ether oxygens (including phenoxy) is 2. The Balaban J connectivity index is 1.76. The molecule has 3 aromatic carbocycles. The topological polar surface area (TPSA) is 45.2 Å². The molecular weight excluding hydrogens is 460 g/mol. The van der Waals surface area contributed by atoms with Gasteiger partial charge in [-0.2, -0.15) is 0 Å². The first-order chi connectivity index (χ1) is 17.7. The van der Waals surface area contributed by atoms with Crippen molar-refractivity contribution in [1.82, 2.24) is 0 Å². The van der Waals surface area contributed by atoms with Crippen molar-refractivity contribution in [2.45, 2.75) is 67.5 Å². The van der Waals surface area contributed by atoms with Gasteiger partial charge < -0.3 is 24.4 Å². The van der Waals surface area contributed by atoms with Crippen LogP contribution in [0.5, 0.6) is 17.2 Å². The van der Waals surface area contributed by atoms with Crippen LogP contribution in [0.1, 0.15) is 49.9 Å². The van der Waals surface area contributed by atoms with Gasteiger partial charge in [0.15, 0.2) is 0 Å². The van der Waals surface area contributed by atoms with Gasteiger partial charge in [-0.1, -0.05) is 36.4 Å². The quantitative estimate of drug-likeness (QED) is 0.282. The van der Waals surface area contributed by atoms with Crippen LogP contribution in [-0.2, 0) is 0 Å². The largest absolute Gasteiger partial charge is 0.506 e. The van der Waals surface area contributed by atoms with Gasteiger partial charge in [0.1, 0.15) is 30.5 Å². The molecule has 2 unspecified atom stereocenters. The van der Waals surface area contributed by atoms with Crippen molar-refractivity contribution in [3.8, 4) is 17.2 Å². The molecule has 0 aliphatic carbocycles. The first-order valence-corrected chi connectivity index (χ1v) is 13.4. The average Bonchev–Trinajstić information content (AvgIpc) is 2.86. The number of likely N-dealkylation sites (N-methyl/N-ethyl adjacent to an activating group) is 2. The minimum atomic E-state index is 0.0741. The monoisotopic (exact) mass is 504 g/mol. The van der Waals surface area contributed by atoms with E-state index in [9.17, 15) is 5.11 Å². The van der Waals surface area contributed by atoms with Gasteiger partial charge in [-0.25, -0.2) is 0 Å². The van der Waals surface area contributed by atoms with Crippen molar-refractivity contribution >= 4 is 11.4 Å². The molecule has 0 aromatic heterocycles. The van der Waals surface area contributed by atoms with Gasteiger partial charge >= 0.3 is 0 Å². The van der Waals surface area contributed by atoms with Crippen molar-refractivity contribution in [1.29, 1.82) is 0 Å². The number of nitrogens with zero attached hydrogens (tertiary/aromatic N) is 2. The van der Waals surface area contributed by atoms with E-state index >= 15 is 0 Å². The Morgan fingerprint density at radius 3 is 1.54 bits per heavy atom. The van der Waals surface area contributed by atoms with Crippen molar-refractivity contribution in [3.63, 3.8) is 0 Å². The summed E-state index contributed by atoms with van der Waals surface area (Å²) in [7, 11) is 0. The lowest BCUT2D eigenvalue weighted by atomic mass is 10.1. The maximum absolute atomic E-state index is 10.8. The second-order valence-electron chi connectivity index (χ2n) is 10.0. The SMILES string of the molecule is CCN(c1ccc(O)c(N(CC)C(C)COc2c(C)cccc2C)c1)C(C)COc1c(C)cccc1C. The standard InChI is InChI=1S/C32H44N2O3/c1-9-33(26(7)20-36-31-22(3)13-11-14-23(31)4)28-17-18-30(35)29(19-28)34(10-2)27(8)21-37-32-24(5)15-12-16-25(32)6/h11-19,26-27,35H,9-10,20-21H2,1-8H3. The van der Waals surface area contributed by atoms with E-state index in [1.165, 1.54) is 0 Å². The summed E-state index contributed by atoms with van der Waals surface area (Å²) in [5.74, 6) is 2.19. The summed E-state index contributed by atoms with van der Waals surface area (Å²) in [5, 5.41) is 10.8. The number of aromatic hydroxyl groups is 1. The fourth-order valence-electron chi connectivity index (χ4n) is 5.03. The van der Waals surface area contributed by atoms with E-state index < -0.39 is 0 Å². The zero-order valence-electron chi connectivity index (χ0n) is 23.8. The highest BCUT2D eigenvalue weighted by atomic mass is 16.5. The number of rotatable bonds is 12. The minimum absolute atomic E-state index is 0.0741. The molecule has 3 rings (SSSR count). The van der Waals surface area contributed by atoms with Gasteiger partial charge in [-0.15, -0.1) is 0 Å². The Bertz CT molecular complexity index is 1140. The molecule has 200 valence electrons. The summed E-state index contributed by atoms with van der Waals surface area (Å²) >= 11 is 0. The van der Waals surface area contributed by atoms with Crippen molar-refractivity contribution in [2.24, 2.45) is 0 Å².